The van der Waals surface area contributed by atoms with Crippen LogP contribution in [-0.2, 0) is 0 Å². The van der Waals surface area contributed by atoms with Gasteiger partial charge in [-0.3, -0.25) is 14.4 Å². The summed E-state index contributed by atoms with van der Waals surface area (Å²) in [7, 11) is 1.43. The highest BCUT2D eigenvalue weighted by atomic mass is 16.2. The molecule has 2 aromatic carbocycles. The lowest BCUT2D eigenvalue weighted by atomic mass is 10.1. The minimum absolute atomic E-state index is 0.317. The highest BCUT2D eigenvalue weighted by molar-refractivity contribution is 6.22. The third-order valence-electron chi connectivity index (χ3n) is 3.74. The van der Waals surface area contributed by atoms with Gasteiger partial charge in [0.25, 0.3) is 17.7 Å². The summed E-state index contributed by atoms with van der Waals surface area (Å²) in [5.74, 6) is -1.36. The summed E-state index contributed by atoms with van der Waals surface area (Å²) in [5.41, 5.74) is 1.88. The smallest absolute Gasteiger partial charge is 0.267 e. The van der Waals surface area contributed by atoms with Crippen molar-refractivity contribution in [1.82, 2.24) is 10.0 Å². The highest BCUT2D eigenvalue weighted by Crippen LogP contribution is 2.24. The zero-order valence-electron chi connectivity index (χ0n) is 12.2. The maximum atomic E-state index is 12.6. The summed E-state index contributed by atoms with van der Waals surface area (Å²) < 4.78 is 0. The SMILES string of the molecule is Cc1ccccc1C(=O)N(C)N1C(=O)c2ccccc2C1=O. The molecule has 22 heavy (non-hydrogen) atoms. The Morgan fingerprint density at radius 2 is 1.41 bits per heavy atom. The quantitative estimate of drug-likeness (QED) is 0.798. The molecule has 0 unspecified atom stereocenters. The van der Waals surface area contributed by atoms with Gasteiger partial charge in [-0.2, -0.15) is 5.01 Å². The Morgan fingerprint density at radius 3 is 1.95 bits per heavy atom. The van der Waals surface area contributed by atoms with Gasteiger partial charge < -0.3 is 0 Å². The van der Waals surface area contributed by atoms with E-state index in [1.54, 1.807) is 36.4 Å². The minimum atomic E-state index is -0.481. The molecular formula is C17H14N2O3. The Bertz CT molecular complexity index is 763. The number of aryl methyl sites for hydroxylation is 1. The molecule has 1 aliphatic rings. The van der Waals surface area contributed by atoms with Gasteiger partial charge in [-0.25, -0.2) is 5.01 Å². The van der Waals surface area contributed by atoms with Crippen LogP contribution in [0.3, 0.4) is 0 Å². The molecule has 0 N–H and O–H groups in total. The van der Waals surface area contributed by atoms with Crippen LogP contribution in [0.2, 0.25) is 0 Å². The van der Waals surface area contributed by atoms with Gasteiger partial charge in [0.05, 0.1) is 11.1 Å². The molecule has 0 fully saturated rings. The van der Waals surface area contributed by atoms with E-state index in [0.717, 1.165) is 15.6 Å². The molecule has 0 aromatic heterocycles. The first-order chi connectivity index (χ1) is 10.5. The van der Waals surface area contributed by atoms with Crippen LogP contribution in [0.15, 0.2) is 48.5 Å². The molecule has 5 heteroatoms. The first-order valence-corrected chi connectivity index (χ1v) is 6.84. The van der Waals surface area contributed by atoms with Crippen LogP contribution in [0.4, 0.5) is 0 Å². The first-order valence-electron chi connectivity index (χ1n) is 6.84. The van der Waals surface area contributed by atoms with Crippen molar-refractivity contribution in [2.24, 2.45) is 0 Å². The third kappa shape index (κ3) is 1.98. The van der Waals surface area contributed by atoms with E-state index in [0.29, 0.717) is 16.7 Å². The predicted molar refractivity (Wildman–Crippen MR) is 80.2 cm³/mol. The zero-order chi connectivity index (χ0) is 15.9. The van der Waals surface area contributed by atoms with Gasteiger partial charge in [-0.05, 0) is 30.7 Å². The fraction of sp³-hybridized carbons (Fsp3) is 0.118. The number of imide groups is 1. The summed E-state index contributed by atoms with van der Waals surface area (Å²) in [6.07, 6.45) is 0. The van der Waals surface area contributed by atoms with E-state index in [1.807, 2.05) is 19.1 Å². The second kappa shape index (κ2) is 5.11. The molecule has 0 saturated carbocycles. The normalized spacial score (nSPS) is 13.3. The van der Waals surface area contributed by atoms with Gasteiger partial charge >= 0.3 is 0 Å². The van der Waals surface area contributed by atoms with Crippen LogP contribution < -0.4 is 0 Å². The van der Waals surface area contributed by atoms with Crippen molar-refractivity contribution in [3.8, 4) is 0 Å². The van der Waals surface area contributed by atoms with Crippen molar-refractivity contribution in [2.45, 2.75) is 6.92 Å². The number of hydrogen-bond donors (Lipinski definition) is 0. The zero-order valence-corrected chi connectivity index (χ0v) is 12.2. The van der Waals surface area contributed by atoms with Crippen molar-refractivity contribution in [1.29, 1.82) is 0 Å². The topological polar surface area (TPSA) is 57.7 Å². The van der Waals surface area contributed by atoms with Crippen molar-refractivity contribution in [2.75, 3.05) is 7.05 Å². The van der Waals surface area contributed by atoms with E-state index in [9.17, 15) is 14.4 Å². The van der Waals surface area contributed by atoms with Crippen LogP contribution >= 0.6 is 0 Å². The molecule has 0 bridgehead atoms. The van der Waals surface area contributed by atoms with E-state index >= 15 is 0 Å². The van der Waals surface area contributed by atoms with Gasteiger partial charge in [-0.1, -0.05) is 30.3 Å². The van der Waals surface area contributed by atoms with Crippen molar-refractivity contribution >= 4 is 17.7 Å². The average molecular weight is 294 g/mol. The third-order valence-corrected chi connectivity index (χ3v) is 3.74. The van der Waals surface area contributed by atoms with E-state index in [2.05, 4.69) is 0 Å². The monoisotopic (exact) mass is 294 g/mol. The predicted octanol–water partition coefficient (Wildman–Crippen LogP) is 2.28. The second-order valence-electron chi connectivity index (χ2n) is 5.11. The number of hydrogen-bond acceptors (Lipinski definition) is 3. The molecular weight excluding hydrogens is 280 g/mol. The molecule has 110 valence electrons. The minimum Gasteiger partial charge on any atom is -0.267 e. The fourth-order valence-electron chi connectivity index (χ4n) is 2.53. The van der Waals surface area contributed by atoms with Gasteiger partial charge in [0.1, 0.15) is 0 Å². The lowest BCUT2D eigenvalue weighted by molar-refractivity contribution is 0.0127. The Morgan fingerprint density at radius 1 is 0.909 bits per heavy atom. The molecule has 1 aliphatic heterocycles. The van der Waals surface area contributed by atoms with Crippen LogP contribution in [0.5, 0.6) is 0 Å². The number of amides is 3. The fourth-order valence-corrected chi connectivity index (χ4v) is 2.53. The van der Waals surface area contributed by atoms with Crippen molar-refractivity contribution < 1.29 is 14.4 Å². The van der Waals surface area contributed by atoms with E-state index < -0.39 is 17.7 Å². The molecule has 5 nitrogen and oxygen atoms in total. The first kappa shape index (κ1) is 14.0. The molecule has 0 radical (unpaired) electrons. The molecule has 0 aliphatic carbocycles. The van der Waals surface area contributed by atoms with Crippen molar-refractivity contribution in [3.63, 3.8) is 0 Å². The molecule has 1 heterocycles. The number of carbonyl (C=O) groups is 3. The maximum Gasteiger partial charge on any atom is 0.280 e. The molecule has 0 saturated heterocycles. The molecule has 0 spiro atoms. The molecule has 0 atom stereocenters. The van der Waals surface area contributed by atoms with Crippen LogP contribution in [-0.4, -0.2) is 34.8 Å². The van der Waals surface area contributed by atoms with E-state index in [4.69, 9.17) is 0 Å². The van der Waals surface area contributed by atoms with Gasteiger partial charge in [-0.15, -0.1) is 0 Å². The van der Waals surface area contributed by atoms with E-state index in [1.165, 1.54) is 7.05 Å². The van der Waals surface area contributed by atoms with Gasteiger partial charge in [0.2, 0.25) is 0 Å². The van der Waals surface area contributed by atoms with Crippen LogP contribution in [0.1, 0.15) is 36.6 Å². The Kier molecular flexibility index (Phi) is 3.25. The number of carbonyl (C=O) groups excluding carboxylic acids is 3. The van der Waals surface area contributed by atoms with Crippen molar-refractivity contribution in [3.05, 3.63) is 70.8 Å². The standard InChI is InChI=1S/C17H14N2O3/c1-11-7-3-4-8-12(11)15(20)18(2)19-16(21)13-9-5-6-10-14(13)17(19)22/h3-10H,1-2H3. The molecule has 2 aromatic rings. The molecule has 3 amide bonds. The number of benzene rings is 2. The second-order valence-corrected chi connectivity index (χ2v) is 5.11. The summed E-state index contributed by atoms with van der Waals surface area (Å²) >= 11 is 0. The summed E-state index contributed by atoms with van der Waals surface area (Å²) in [4.78, 5) is 37.3. The summed E-state index contributed by atoms with van der Waals surface area (Å²) in [6.45, 7) is 1.81. The lowest BCUT2D eigenvalue weighted by Crippen LogP contribution is -2.47. The number of fused-ring (bicyclic) bond motifs is 1. The summed E-state index contributed by atoms with van der Waals surface area (Å²) in [5, 5.41) is 1.96. The maximum absolute atomic E-state index is 12.6. The number of nitrogens with zero attached hydrogens (tertiary/aromatic N) is 2. The Labute approximate surface area is 127 Å². The van der Waals surface area contributed by atoms with Crippen LogP contribution in [0, 0.1) is 6.92 Å². The Balaban J connectivity index is 1.96. The average Bonchev–Trinajstić information content (AvgIpc) is 2.78. The van der Waals surface area contributed by atoms with E-state index in [-0.39, 0.29) is 0 Å². The summed E-state index contributed by atoms with van der Waals surface area (Å²) in [6, 6.07) is 13.6. The van der Waals surface area contributed by atoms with Crippen LogP contribution in [0.25, 0.3) is 0 Å². The molecule has 3 rings (SSSR count). The van der Waals surface area contributed by atoms with Gasteiger partial charge in [0.15, 0.2) is 0 Å². The largest absolute Gasteiger partial charge is 0.280 e. The number of rotatable bonds is 2. The number of hydrazine groups is 1. The lowest BCUT2D eigenvalue weighted by Gasteiger charge is -2.26. The Hall–Kier alpha value is -2.95. The van der Waals surface area contributed by atoms with Gasteiger partial charge in [0, 0.05) is 12.6 Å². The highest BCUT2D eigenvalue weighted by Gasteiger charge is 2.39.